The number of fused-ring (bicyclic) bond motifs is 2. The Balaban J connectivity index is 1.62. The Morgan fingerprint density at radius 1 is 1.03 bits per heavy atom. The van der Waals surface area contributed by atoms with Crippen LogP contribution in [0.15, 0.2) is 72.8 Å². The smallest absolute Gasteiger partial charge is 0.269 e. The van der Waals surface area contributed by atoms with Gasteiger partial charge in [-0.15, -0.1) is 11.8 Å². The summed E-state index contributed by atoms with van der Waals surface area (Å²) in [6.07, 6.45) is 0. The summed E-state index contributed by atoms with van der Waals surface area (Å²) in [6, 6.07) is 20.8. The van der Waals surface area contributed by atoms with E-state index in [-0.39, 0.29) is 29.9 Å². The fourth-order valence-electron chi connectivity index (χ4n) is 4.26. The number of amides is 2. The standard InChI is InChI=1S/C24H19FN2O3S/c1-30-19-11-9-18(10-12-19)27-22(28)15-31-24(27)20-7-2-3-8-21(20)26(23(24)29)14-16-5-4-6-17(25)13-16/h2-13H,14-15H2,1H3. The SMILES string of the molecule is COc1ccc(N2C(=O)CSC23C(=O)N(Cc2cccc(F)c2)c2ccccc23)cc1. The summed E-state index contributed by atoms with van der Waals surface area (Å²) in [5.41, 5.74) is 2.82. The van der Waals surface area contributed by atoms with Crippen molar-refractivity contribution in [2.24, 2.45) is 0 Å². The third-order valence-electron chi connectivity index (χ3n) is 5.62. The first-order valence-corrected chi connectivity index (χ1v) is 10.8. The first-order valence-electron chi connectivity index (χ1n) is 9.81. The highest BCUT2D eigenvalue weighted by Crippen LogP contribution is 2.56. The Morgan fingerprint density at radius 3 is 2.55 bits per heavy atom. The molecule has 0 aliphatic carbocycles. The van der Waals surface area contributed by atoms with E-state index < -0.39 is 4.87 Å². The molecule has 2 aliphatic heterocycles. The number of hydrogen-bond donors (Lipinski definition) is 0. The van der Waals surface area contributed by atoms with E-state index >= 15 is 0 Å². The first-order chi connectivity index (χ1) is 15.0. The van der Waals surface area contributed by atoms with Crippen molar-refractivity contribution in [3.8, 4) is 5.75 Å². The lowest BCUT2D eigenvalue weighted by atomic mass is 10.0. The van der Waals surface area contributed by atoms with Gasteiger partial charge in [0.05, 0.1) is 25.1 Å². The Bertz CT molecular complexity index is 1180. The van der Waals surface area contributed by atoms with Crippen LogP contribution < -0.4 is 14.5 Å². The van der Waals surface area contributed by atoms with Gasteiger partial charge in [-0.25, -0.2) is 4.39 Å². The highest BCUT2D eigenvalue weighted by molar-refractivity contribution is 8.02. The number of halogens is 1. The molecule has 5 nitrogen and oxygen atoms in total. The molecule has 2 aliphatic rings. The van der Waals surface area contributed by atoms with Crippen LogP contribution in [-0.4, -0.2) is 24.7 Å². The zero-order valence-corrected chi connectivity index (χ0v) is 17.6. The van der Waals surface area contributed by atoms with Gasteiger partial charge < -0.3 is 9.64 Å². The predicted molar refractivity (Wildman–Crippen MR) is 119 cm³/mol. The number of rotatable bonds is 4. The van der Waals surface area contributed by atoms with Crippen molar-refractivity contribution in [2.45, 2.75) is 11.4 Å². The van der Waals surface area contributed by atoms with Gasteiger partial charge in [0.2, 0.25) is 10.8 Å². The van der Waals surface area contributed by atoms with Crippen molar-refractivity contribution in [3.63, 3.8) is 0 Å². The maximum Gasteiger partial charge on any atom is 0.269 e. The van der Waals surface area contributed by atoms with Gasteiger partial charge in [0, 0.05) is 11.3 Å². The summed E-state index contributed by atoms with van der Waals surface area (Å²) in [6.45, 7) is 0.223. The number of methoxy groups -OCH3 is 1. The molecule has 0 N–H and O–H groups in total. The van der Waals surface area contributed by atoms with Gasteiger partial charge in [0.15, 0.2) is 0 Å². The van der Waals surface area contributed by atoms with E-state index in [1.807, 2.05) is 24.3 Å². The van der Waals surface area contributed by atoms with Gasteiger partial charge in [-0.05, 0) is 48.0 Å². The molecule has 0 radical (unpaired) electrons. The molecule has 1 fully saturated rings. The van der Waals surface area contributed by atoms with Crippen LogP contribution in [0.3, 0.4) is 0 Å². The molecule has 7 heteroatoms. The number of benzene rings is 3. The van der Waals surface area contributed by atoms with E-state index in [2.05, 4.69) is 0 Å². The topological polar surface area (TPSA) is 49.9 Å². The number of para-hydroxylation sites is 1. The van der Waals surface area contributed by atoms with Gasteiger partial charge in [0.25, 0.3) is 5.91 Å². The molecule has 1 saturated heterocycles. The number of carbonyl (C=O) groups is 2. The van der Waals surface area contributed by atoms with Crippen molar-refractivity contribution in [3.05, 3.63) is 89.7 Å². The van der Waals surface area contributed by atoms with Crippen LogP contribution in [0.25, 0.3) is 0 Å². The normalized spacial score (nSPS) is 19.9. The third kappa shape index (κ3) is 2.99. The molecular weight excluding hydrogens is 415 g/mol. The second-order valence-electron chi connectivity index (χ2n) is 7.40. The molecule has 0 aromatic heterocycles. The monoisotopic (exact) mass is 434 g/mol. The Hall–Kier alpha value is -3.32. The number of nitrogens with zero attached hydrogens (tertiary/aromatic N) is 2. The average Bonchev–Trinajstić information content (AvgIpc) is 3.25. The third-order valence-corrected chi connectivity index (χ3v) is 7.01. The van der Waals surface area contributed by atoms with E-state index in [1.54, 1.807) is 53.3 Å². The van der Waals surface area contributed by atoms with Crippen LogP contribution in [0.1, 0.15) is 11.1 Å². The molecular formula is C24H19FN2O3S. The highest BCUT2D eigenvalue weighted by atomic mass is 32.2. The van der Waals surface area contributed by atoms with Gasteiger partial charge >= 0.3 is 0 Å². The summed E-state index contributed by atoms with van der Waals surface area (Å²) in [5, 5.41) is 0. The minimum atomic E-state index is -1.18. The molecule has 2 amide bonds. The van der Waals surface area contributed by atoms with Gasteiger partial charge in [-0.3, -0.25) is 14.5 Å². The van der Waals surface area contributed by atoms with E-state index in [4.69, 9.17) is 4.74 Å². The number of thioether (sulfide) groups is 1. The average molecular weight is 434 g/mol. The number of ether oxygens (including phenoxy) is 1. The van der Waals surface area contributed by atoms with Crippen molar-refractivity contribution in [1.82, 2.24) is 0 Å². The zero-order chi connectivity index (χ0) is 21.6. The van der Waals surface area contributed by atoms with Crippen LogP contribution in [0, 0.1) is 5.82 Å². The molecule has 5 rings (SSSR count). The van der Waals surface area contributed by atoms with Crippen molar-refractivity contribution in [2.75, 3.05) is 22.7 Å². The van der Waals surface area contributed by atoms with E-state index in [0.717, 1.165) is 11.3 Å². The van der Waals surface area contributed by atoms with Crippen LogP contribution in [0.2, 0.25) is 0 Å². The lowest BCUT2D eigenvalue weighted by Crippen LogP contribution is -2.49. The minimum Gasteiger partial charge on any atom is -0.497 e. The molecule has 2 heterocycles. The first kappa shape index (κ1) is 19.6. The highest BCUT2D eigenvalue weighted by Gasteiger charge is 2.60. The van der Waals surface area contributed by atoms with Crippen LogP contribution in [0.5, 0.6) is 5.75 Å². The number of anilines is 2. The van der Waals surface area contributed by atoms with Crippen molar-refractivity contribution < 1.29 is 18.7 Å². The second-order valence-corrected chi connectivity index (χ2v) is 8.57. The van der Waals surface area contributed by atoms with Gasteiger partial charge in [-0.2, -0.15) is 0 Å². The summed E-state index contributed by atoms with van der Waals surface area (Å²) in [7, 11) is 1.58. The lowest BCUT2D eigenvalue weighted by molar-refractivity contribution is -0.123. The Kier molecular flexibility index (Phi) is 4.70. The fourth-order valence-corrected chi connectivity index (χ4v) is 5.62. The summed E-state index contributed by atoms with van der Waals surface area (Å²) in [5.74, 6) is 0.177. The van der Waals surface area contributed by atoms with Crippen molar-refractivity contribution >= 4 is 35.0 Å². The van der Waals surface area contributed by atoms with Crippen LogP contribution >= 0.6 is 11.8 Å². The molecule has 3 aromatic carbocycles. The quantitative estimate of drug-likeness (QED) is 0.614. The minimum absolute atomic E-state index is 0.133. The number of carbonyl (C=O) groups excluding carboxylic acids is 2. The van der Waals surface area contributed by atoms with Crippen molar-refractivity contribution in [1.29, 1.82) is 0 Å². The molecule has 156 valence electrons. The molecule has 3 aromatic rings. The largest absolute Gasteiger partial charge is 0.497 e. The van der Waals surface area contributed by atoms with Gasteiger partial charge in [-0.1, -0.05) is 30.3 Å². The zero-order valence-electron chi connectivity index (χ0n) is 16.7. The van der Waals surface area contributed by atoms with E-state index in [9.17, 15) is 14.0 Å². The molecule has 1 atom stereocenters. The van der Waals surface area contributed by atoms with E-state index in [1.165, 1.54) is 23.9 Å². The second kappa shape index (κ2) is 7.42. The Labute approximate surface area is 183 Å². The van der Waals surface area contributed by atoms with E-state index in [0.29, 0.717) is 17.0 Å². The van der Waals surface area contributed by atoms with Crippen LogP contribution in [-0.2, 0) is 21.0 Å². The maximum absolute atomic E-state index is 13.9. The lowest BCUT2D eigenvalue weighted by Gasteiger charge is -2.33. The summed E-state index contributed by atoms with van der Waals surface area (Å²) < 4.78 is 19.0. The van der Waals surface area contributed by atoms with Crippen LogP contribution in [0.4, 0.5) is 15.8 Å². The van der Waals surface area contributed by atoms with Gasteiger partial charge in [0.1, 0.15) is 11.6 Å². The summed E-state index contributed by atoms with van der Waals surface area (Å²) in [4.78, 5) is 29.0. The number of hydrogen-bond acceptors (Lipinski definition) is 4. The fraction of sp³-hybridized carbons (Fsp3) is 0.167. The molecule has 1 spiro atoms. The summed E-state index contributed by atoms with van der Waals surface area (Å²) >= 11 is 1.32. The Morgan fingerprint density at radius 2 is 1.81 bits per heavy atom. The molecule has 1 unspecified atom stereocenters. The predicted octanol–water partition coefficient (Wildman–Crippen LogP) is 4.31. The maximum atomic E-state index is 13.9. The molecule has 0 saturated carbocycles. The molecule has 0 bridgehead atoms. The molecule has 31 heavy (non-hydrogen) atoms.